The van der Waals surface area contributed by atoms with Gasteiger partial charge in [0.25, 0.3) is 11.8 Å². The van der Waals surface area contributed by atoms with Crippen LogP contribution in [0.15, 0.2) is 28.9 Å². The standard InChI is InChI=1S/C17H20N8O7S2/c1-8-12(16(27)25(8)34(28,29)30)23-15(26)13(10-7-33-17(20)22-10)24-32-5-4-31-11-3-2-9(6-21-11)14(18)19/h2-3,6-8,12H,4-5H2,1H3,(H3,18,19)(H2,20,22)(H,23,26)(H,28,29,30)/b24-13-/t8-,12-/m0/s1. The molecule has 34 heavy (non-hydrogen) atoms. The Morgan fingerprint density at radius 3 is 2.68 bits per heavy atom. The van der Waals surface area contributed by atoms with Gasteiger partial charge in [-0.2, -0.15) is 8.42 Å². The highest BCUT2D eigenvalue weighted by Crippen LogP contribution is 2.23. The molecular weight excluding hydrogens is 492 g/mol. The van der Waals surface area contributed by atoms with Gasteiger partial charge in [-0.1, -0.05) is 5.16 Å². The molecule has 1 saturated heterocycles. The van der Waals surface area contributed by atoms with Crippen molar-refractivity contribution in [2.75, 3.05) is 18.9 Å². The van der Waals surface area contributed by atoms with Gasteiger partial charge in [0, 0.05) is 23.2 Å². The number of hydrogen-bond acceptors (Lipinski definition) is 12. The van der Waals surface area contributed by atoms with Gasteiger partial charge in [-0.25, -0.2) is 14.3 Å². The molecule has 1 fully saturated rings. The van der Waals surface area contributed by atoms with Gasteiger partial charge in [0.1, 0.15) is 24.2 Å². The van der Waals surface area contributed by atoms with Crippen LogP contribution in [0.4, 0.5) is 5.13 Å². The average molecular weight is 513 g/mol. The third-order valence-corrected chi connectivity index (χ3v) is 6.16. The summed E-state index contributed by atoms with van der Waals surface area (Å²) in [6, 6.07) is 0.862. The fraction of sp³-hybridized carbons (Fsp3) is 0.294. The number of nitrogens with zero attached hydrogens (tertiary/aromatic N) is 4. The van der Waals surface area contributed by atoms with E-state index in [-0.39, 0.29) is 45.8 Å². The second-order valence-corrected chi connectivity index (χ2v) is 8.97. The maximum atomic E-state index is 12.7. The normalized spacial score (nSPS) is 18.2. The summed E-state index contributed by atoms with van der Waals surface area (Å²) in [5.41, 5.74) is 11.2. The molecule has 2 aromatic rings. The maximum absolute atomic E-state index is 12.7. The Morgan fingerprint density at radius 1 is 1.41 bits per heavy atom. The Bertz CT molecular complexity index is 1230. The number of carbonyl (C=O) groups excluding carboxylic acids is 2. The number of nitrogens with one attached hydrogen (secondary N) is 2. The number of ether oxygens (including phenoxy) is 1. The van der Waals surface area contributed by atoms with E-state index in [0.29, 0.717) is 5.56 Å². The number of hydrogen-bond donors (Lipinski definition) is 5. The number of rotatable bonds is 10. The quantitative estimate of drug-likeness (QED) is 0.0627. The fourth-order valence-electron chi connectivity index (χ4n) is 2.83. The predicted molar refractivity (Wildman–Crippen MR) is 120 cm³/mol. The van der Waals surface area contributed by atoms with Gasteiger partial charge in [0.2, 0.25) is 5.88 Å². The first-order valence-corrected chi connectivity index (χ1v) is 11.7. The van der Waals surface area contributed by atoms with Gasteiger partial charge in [-0.15, -0.1) is 11.3 Å². The topological polar surface area (TPSA) is 236 Å². The molecule has 0 spiro atoms. The number of amidine groups is 1. The molecule has 0 saturated carbocycles. The van der Waals surface area contributed by atoms with Crippen LogP contribution in [-0.4, -0.2) is 75.9 Å². The van der Waals surface area contributed by atoms with Gasteiger partial charge >= 0.3 is 10.3 Å². The lowest BCUT2D eigenvalue weighted by Crippen LogP contribution is -2.71. The summed E-state index contributed by atoms with van der Waals surface area (Å²) in [5, 5.41) is 15.0. The van der Waals surface area contributed by atoms with E-state index in [9.17, 15) is 18.0 Å². The molecule has 0 aromatic carbocycles. The van der Waals surface area contributed by atoms with Crippen molar-refractivity contribution >= 4 is 50.1 Å². The van der Waals surface area contributed by atoms with Crippen LogP contribution >= 0.6 is 11.3 Å². The number of amides is 2. The molecule has 0 aliphatic carbocycles. The molecule has 17 heteroatoms. The summed E-state index contributed by atoms with van der Waals surface area (Å²) in [6.45, 7) is 1.25. The van der Waals surface area contributed by atoms with Crippen LogP contribution in [0.25, 0.3) is 0 Å². The summed E-state index contributed by atoms with van der Waals surface area (Å²) in [6.07, 6.45) is 1.37. The molecule has 3 rings (SSSR count). The molecule has 0 unspecified atom stereocenters. The van der Waals surface area contributed by atoms with Gasteiger partial charge in [-0.05, 0) is 13.0 Å². The number of carbonyl (C=O) groups is 2. The number of β-lactam (4-membered cyclic amide) rings is 1. The lowest BCUT2D eigenvalue weighted by Gasteiger charge is -2.42. The van der Waals surface area contributed by atoms with E-state index in [0.717, 1.165) is 11.3 Å². The highest BCUT2D eigenvalue weighted by atomic mass is 32.2. The smallest absolute Gasteiger partial charge is 0.362 e. The number of nitrogens with two attached hydrogens (primary N) is 2. The van der Waals surface area contributed by atoms with E-state index >= 15 is 0 Å². The minimum absolute atomic E-state index is 0.00544. The number of aromatic nitrogens is 2. The molecule has 2 aromatic heterocycles. The molecule has 1 aliphatic rings. The Kier molecular flexibility index (Phi) is 7.28. The zero-order chi connectivity index (χ0) is 25.0. The first-order chi connectivity index (χ1) is 16.0. The number of nitrogen functional groups attached to an aromatic ring is 2. The largest absolute Gasteiger partial charge is 0.474 e. The zero-order valence-electron chi connectivity index (χ0n) is 17.5. The second kappa shape index (κ2) is 9.98. The molecule has 2 amide bonds. The third kappa shape index (κ3) is 5.56. The van der Waals surface area contributed by atoms with Crippen molar-refractivity contribution in [2.45, 2.75) is 19.0 Å². The minimum atomic E-state index is -4.74. The molecular formula is C17H20N8O7S2. The van der Waals surface area contributed by atoms with Crippen LogP contribution in [-0.2, 0) is 24.7 Å². The Balaban J connectivity index is 1.61. The summed E-state index contributed by atoms with van der Waals surface area (Å²) < 4.78 is 37.2. The Labute approximate surface area is 197 Å². The predicted octanol–water partition coefficient (Wildman–Crippen LogP) is -1.28. The third-order valence-electron chi connectivity index (χ3n) is 4.48. The van der Waals surface area contributed by atoms with Gasteiger partial charge in [-0.3, -0.25) is 19.6 Å². The molecule has 7 N–H and O–H groups in total. The highest BCUT2D eigenvalue weighted by molar-refractivity contribution is 7.84. The summed E-state index contributed by atoms with van der Waals surface area (Å²) >= 11 is 1.04. The van der Waals surface area contributed by atoms with Crippen molar-refractivity contribution < 1.29 is 32.1 Å². The van der Waals surface area contributed by atoms with E-state index in [2.05, 4.69) is 20.4 Å². The van der Waals surface area contributed by atoms with E-state index in [4.69, 9.17) is 31.0 Å². The monoisotopic (exact) mass is 512 g/mol. The van der Waals surface area contributed by atoms with Gasteiger partial charge in [0.05, 0.1) is 6.04 Å². The first kappa shape index (κ1) is 24.8. The Morgan fingerprint density at radius 2 is 2.15 bits per heavy atom. The number of anilines is 1. The maximum Gasteiger partial charge on any atom is 0.362 e. The van der Waals surface area contributed by atoms with Crippen molar-refractivity contribution in [3.63, 3.8) is 0 Å². The summed E-state index contributed by atoms with van der Waals surface area (Å²) in [5.74, 6) is -1.75. The lowest BCUT2D eigenvalue weighted by molar-refractivity contribution is -0.143. The van der Waals surface area contributed by atoms with E-state index in [1.165, 1.54) is 24.6 Å². The lowest BCUT2D eigenvalue weighted by atomic mass is 10.0. The number of pyridine rings is 1. The van der Waals surface area contributed by atoms with Gasteiger partial charge < -0.3 is 26.4 Å². The van der Waals surface area contributed by atoms with Crippen LogP contribution in [0.5, 0.6) is 5.88 Å². The molecule has 0 bridgehead atoms. The zero-order valence-corrected chi connectivity index (χ0v) is 19.2. The molecule has 0 radical (unpaired) electrons. The summed E-state index contributed by atoms with van der Waals surface area (Å²) in [4.78, 5) is 37.9. The number of thiazole rings is 1. The minimum Gasteiger partial charge on any atom is -0.474 e. The summed E-state index contributed by atoms with van der Waals surface area (Å²) in [7, 11) is -4.74. The first-order valence-electron chi connectivity index (χ1n) is 9.45. The molecule has 2 atom stereocenters. The SMILES string of the molecule is C[C@H]1[C@H](NC(=O)/C(=N\OCCOc2ccc(C(=N)N)cn2)c2csc(N)n2)C(=O)N1S(=O)(=O)O. The van der Waals surface area contributed by atoms with Crippen LogP contribution in [0.3, 0.4) is 0 Å². The highest BCUT2D eigenvalue weighted by Gasteiger charge is 2.51. The van der Waals surface area contributed by atoms with E-state index in [1.54, 1.807) is 6.07 Å². The Hall–Kier alpha value is -3.83. The second-order valence-electron chi connectivity index (χ2n) is 6.79. The fourth-order valence-corrected chi connectivity index (χ4v) is 4.26. The molecule has 182 valence electrons. The van der Waals surface area contributed by atoms with Crippen LogP contribution < -0.4 is 21.5 Å². The van der Waals surface area contributed by atoms with Gasteiger partial charge in [0.15, 0.2) is 17.5 Å². The molecule has 15 nitrogen and oxygen atoms in total. The molecule has 3 heterocycles. The van der Waals surface area contributed by atoms with E-state index in [1.807, 2.05) is 0 Å². The van der Waals surface area contributed by atoms with Crippen molar-refractivity contribution in [1.82, 2.24) is 19.6 Å². The van der Waals surface area contributed by atoms with Crippen LogP contribution in [0, 0.1) is 5.41 Å². The van der Waals surface area contributed by atoms with Crippen molar-refractivity contribution in [1.29, 1.82) is 5.41 Å². The molecule has 1 aliphatic heterocycles. The number of oxime groups is 1. The van der Waals surface area contributed by atoms with Crippen LogP contribution in [0.1, 0.15) is 18.2 Å². The van der Waals surface area contributed by atoms with E-state index < -0.39 is 34.2 Å². The van der Waals surface area contributed by atoms with Crippen LogP contribution in [0.2, 0.25) is 0 Å². The van der Waals surface area contributed by atoms with Crippen molar-refractivity contribution in [3.05, 3.63) is 35.0 Å². The van der Waals surface area contributed by atoms with Crippen molar-refractivity contribution in [2.24, 2.45) is 10.9 Å². The average Bonchev–Trinajstić information content (AvgIpc) is 3.19. The van der Waals surface area contributed by atoms with Crippen molar-refractivity contribution in [3.8, 4) is 5.88 Å².